The highest BCUT2D eigenvalue weighted by Gasteiger charge is 2.17. The number of hydrogen-bond donors (Lipinski definition) is 0. The molecule has 0 saturated carbocycles. The molecule has 3 nitrogen and oxygen atoms in total. The molecule has 1 atom stereocenters. The summed E-state index contributed by atoms with van der Waals surface area (Å²) in [5, 5.41) is 0.675. The van der Waals surface area contributed by atoms with E-state index in [0.29, 0.717) is 17.5 Å². The van der Waals surface area contributed by atoms with Gasteiger partial charge in [-0.15, -0.1) is 0 Å². The molecule has 1 unspecified atom stereocenters. The smallest absolute Gasteiger partial charge is 0.128 e. The highest BCUT2D eigenvalue weighted by Crippen LogP contribution is 2.30. The first kappa shape index (κ1) is 13.4. The average Bonchev–Trinajstić information content (AvgIpc) is 2.99. The molecule has 2 aromatic rings. The molecule has 0 amide bonds. The first-order valence-corrected chi connectivity index (χ1v) is 7.12. The third kappa shape index (κ3) is 3.11. The second-order valence-electron chi connectivity index (χ2n) is 4.90. The van der Waals surface area contributed by atoms with E-state index < -0.39 is 0 Å². The molecule has 1 saturated heterocycles. The summed E-state index contributed by atoms with van der Waals surface area (Å²) in [6, 6.07) is 11.5. The molecule has 0 bridgehead atoms. The Morgan fingerprint density at radius 2 is 2.20 bits per heavy atom. The Kier molecular flexibility index (Phi) is 4.19. The zero-order valence-electron chi connectivity index (χ0n) is 11.1. The fourth-order valence-electron chi connectivity index (χ4n) is 2.28. The van der Waals surface area contributed by atoms with Gasteiger partial charge in [0.15, 0.2) is 0 Å². The van der Waals surface area contributed by atoms with Crippen molar-refractivity contribution in [2.75, 3.05) is 19.8 Å². The number of halogens is 1. The van der Waals surface area contributed by atoms with E-state index in [4.69, 9.17) is 21.1 Å². The quantitative estimate of drug-likeness (QED) is 0.857. The molecule has 3 rings (SSSR count). The van der Waals surface area contributed by atoms with E-state index in [2.05, 4.69) is 4.98 Å². The standard InChI is InChI=1S/C16H16ClNO2/c17-13-5-7-18-15(9-13)14-3-1-2-4-16(14)20-11-12-6-8-19-10-12/h1-5,7,9,12H,6,8,10-11H2. The molecule has 0 spiro atoms. The minimum atomic E-state index is 0.482. The van der Waals surface area contributed by atoms with Crippen LogP contribution in [0.5, 0.6) is 5.75 Å². The molecule has 4 heteroatoms. The summed E-state index contributed by atoms with van der Waals surface area (Å²) in [6.45, 7) is 2.31. The van der Waals surface area contributed by atoms with Crippen molar-refractivity contribution in [1.82, 2.24) is 4.98 Å². The molecule has 1 aromatic heterocycles. The number of nitrogens with zero attached hydrogens (tertiary/aromatic N) is 1. The molecule has 0 aliphatic carbocycles. The van der Waals surface area contributed by atoms with E-state index >= 15 is 0 Å². The maximum Gasteiger partial charge on any atom is 0.128 e. The number of aromatic nitrogens is 1. The number of rotatable bonds is 4. The highest BCUT2D eigenvalue weighted by atomic mass is 35.5. The molecule has 0 radical (unpaired) electrons. The normalized spacial score (nSPS) is 18.1. The van der Waals surface area contributed by atoms with Gasteiger partial charge in [0.05, 0.1) is 18.9 Å². The Morgan fingerprint density at radius 1 is 1.30 bits per heavy atom. The minimum absolute atomic E-state index is 0.482. The summed E-state index contributed by atoms with van der Waals surface area (Å²) in [5.41, 5.74) is 1.80. The molecule has 1 aliphatic rings. The third-order valence-corrected chi connectivity index (χ3v) is 3.62. The Balaban J connectivity index is 1.80. The van der Waals surface area contributed by atoms with Gasteiger partial charge in [0.25, 0.3) is 0 Å². The molecule has 0 N–H and O–H groups in total. The zero-order valence-corrected chi connectivity index (χ0v) is 11.8. The average molecular weight is 290 g/mol. The van der Waals surface area contributed by atoms with Gasteiger partial charge in [0.1, 0.15) is 5.75 Å². The summed E-state index contributed by atoms with van der Waals surface area (Å²) in [4.78, 5) is 4.36. The Morgan fingerprint density at radius 3 is 3.00 bits per heavy atom. The molecule has 2 heterocycles. The van der Waals surface area contributed by atoms with Crippen molar-refractivity contribution in [1.29, 1.82) is 0 Å². The van der Waals surface area contributed by atoms with Gasteiger partial charge in [-0.3, -0.25) is 4.98 Å². The van der Waals surface area contributed by atoms with Crippen molar-refractivity contribution in [3.8, 4) is 17.0 Å². The molecule has 1 fully saturated rings. The van der Waals surface area contributed by atoms with Crippen molar-refractivity contribution >= 4 is 11.6 Å². The summed E-state index contributed by atoms with van der Waals surface area (Å²) in [5.74, 6) is 1.32. The second kappa shape index (κ2) is 6.25. The van der Waals surface area contributed by atoms with Crippen LogP contribution in [0.25, 0.3) is 11.3 Å². The summed E-state index contributed by atoms with van der Waals surface area (Å²) in [7, 11) is 0. The van der Waals surface area contributed by atoms with Crippen LogP contribution in [0.4, 0.5) is 0 Å². The van der Waals surface area contributed by atoms with Crippen LogP contribution in [0.15, 0.2) is 42.6 Å². The molecular weight excluding hydrogens is 274 g/mol. The summed E-state index contributed by atoms with van der Waals surface area (Å²) in [6.07, 6.45) is 2.77. The highest BCUT2D eigenvalue weighted by molar-refractivity contribution is 6.30. The van der Waals surface area contributed by atoms with Gasteiger partial charge in [-0.25, -0.2) is 0 Å². The van der Waals surface area contributed by atoms with Gasteiger partial charge < -0.3 is 9.47 Å². The minimum Gasteiger partial charge on any atom is -0.493 e. The van der Waals surface area contributed by atoms with Gasteiger partial charge in [-0.1, -0.05) is 23.7 Å². The van der Waals surface area contributed by atoms with Crippen molar-refractivity contribution in [2.24, 2.45) is 5.92 Å². The van der Waals surface area contributed by atoms with Crippen molar-refractivity contribution in [3.05, 3.63) is 47.6 Å². The Labute approximate surface area is 123 Å². The molecule has 1 aliphatic heterocycles. The largest absolute Gasteiger partial charge is 0.493 e. The van der Waals surface area contributed by atoms with Crippen LogP contribution in [0, 0.1) is 5.92 Å². The summed E-state index contributed by atoms with van der Waals surface area (Å²) < 4.78 is 11.3. The van der Waals surface area contributed by atoms with Gasteiger partial charge in [0, 0.05) is 29.3 Å². The van der Waals surface area contributed by atoms with Crippen LogP contribution < -0.4 is 4.74 Å². The SMILES string of the molecule is Clc1ccnc(-c2ccccc2OCC2CCOC2)c1. The van der Waals surface area contributed by atoms with E-state index in [0.717, 1.165) is 36.6 Å². The van der Waals surface area contributed by atoms with Crippen LogP contribution >= 0.6 is 11.6 Å². The predicted molar refractivity (Wildman–Crippen MR) is 79.1 cm³/mol. The second-order valence-corrected chi connectivity index (χ2v) is 5.33. The van der Waals surface area contributed by atoms with Crippen molar-refractivity contribution in [2.45, 2.75) is 6.42 Å². The number of ether oxygens (including phenoxy) is 2. The number of para-hydroxylation sites is 1. The van der Waals surface area contributed by atoms with Crippen LogP contribution in [-0.4, -0.2) is 24.8 Å². The van der Waals surface area contributed by atoms with E-state index in [1.807, 2.05) is 30.3 Å². The first-order valence-electron chi connectivity index (χ1n) is 6.74. The number of benzene rings is 1. The topological polar surface area (TPSA) is 31.4 Å². The van der Waals surface area contributed by atoms with E-state index in [1.54, 1.807) is 12.3 Å². The monoisotopic (exact) mass is 289 g/mol. The summed E-state index contributed by atoms with van der Waals surface area (Å²) >= 11 is 6.03. The number of pyridine rings is 1. The van der Waals surface area contributed by atoms with Gasteiger partial charge in [-0.05, 0) is 30.7 Å². The van der Waals surface area contributed by atoms with Crippen LogP contribution in [0.3, 0.4) is 0 Å². The molecule has 20 heavy (non-hydrogen) atoms. The lowest BCUT2D eigenvalue weighted by Crippen LogP contribution is -2.12. The maximum absolute atomic E-state index is 6.03. The van der Waals surface area contributed by atoms with Crippen LogP contribution in [0.1, 0.15) is 6.42 Å². The molecular formula is C16H16ClNO2. The van der Waals surface area contributed by atoms with E-state index in [9.17, 15) is 0 Å². The Hall–Kier alpha value is -1.58. The van der Waals surface area contributed by atoms with Gasteiger partial charge in [-0.2, -0.15) is 0 Å². The lowest BCUT2D eigenvalue weighted by Gasteiger charge is -2.13. The fourth-order valence-corrected chi connectivity index (χ4v) is 2.44. The predicted octanol–water partition coefficient (Wildman–Crippen LogP) is 3.82. The van der Waals surface area contributed by atoms with Crippen molar-refractivity contribution < 1.29 is 9.47 Å². The molecule has 1 aromatic carbocycles. The van der Waals surface area contributed by atoms with E-state index in [-0.39, 0.29) is 0 Å². The zero-order chi connectivity index (χ0) is 13.8. The Bertz CT molecular complexity index is 582. The lowest BCUT2D eigenvalue weighted by atomic mass is 10.1. The molecule has 104 valence electrons. The fraction of sp³-hybridized carbons (Fsp3) is 0.312. The van der Waals surface area contributed by atoms with Crippen molar-refractivity contribution in [3.63, 3.8) is 0 Å². The van der Waals surface area contributed by atoms with Gasteiger partial charge >= 0.3 is 0 Å². The maximum atomic E-state index is 6.03. The van der Waals surface area contributed by atoms with Crippen LogP contribution in [0.2, 0.25) is 5.02 Å². The first-order chi connectivity index (χ1) is 9.83. The number of hydrogen-bond acceptors (Lipinski definition) is 3. The lowest BCUT2D eigenvalue weighted by molar-refractivity contribution is 0.167. The van der Waals surface area contributed by atoms with Crippen LogP contribution in [-0.2, 0) is 4.74 Å². The van der Waals surface area contributed by atoms with Gasteiger partial charge in [0.2, 0.25) is 0 Å². The third-order valence-electron chi connectivity index (χ3n) is 3.38. The van der Waals surface area contributed by atoms with E-state index in [1.165, 1.54) is 0 Å².